The fourth-order valence-corrected chi connectivity index (χ4v) is 5.32. The molecule has 1 fully saturated rings. The van der Waals surface area contributed by atoms with E-state index in [-0.39, 0.29) is 37.8 Å². The minimum Gasteiger partial charge on any atom is -0.465 e. The Labute approximate surface area is 247 Å². The normalized spacial score (nSPS) is 16.2. The van der Waals surface area contributed by atoms with E-state index in [1.807, 2.05) is 30.3 Å². The zero-order chi connectivity index (χ0) is 29.8. The average Bonchev–Trinajstić information content (AvgIpc) is 3.81. The predicted octanol–water partition coefficient (Wildman–Crippen LogP) is 3.01. The SMILES string of the molecule is COC(=O)c1ccc([C@H](C(=O)NC[C@@H]2CCCO2)N(Cc2ccc3c(c2)OCO3)C(=O)Cn2nnc3ccccc32)cc1. The molecule has 0 unspecified atom stereocenters. The van der Waals surface area contributed by atoms with Crippen molar-refractivity contribution in [2.75, 3.05) is 27.1 Å². The van der Waals surface area contributed by atoms with Crippen LogP contribution in [0.5, 0.6) is 11.5 Å². The summed E-state index contributed by atoms with van der Waals surface area (Å²) >= 11 is 0. The number of carbonyl (C=O) groups excluding carboxylic acids is 3. The average molecular weight is 586 g/mol. The Morgan fingerprint density at radius 1 is 1.07 bits per heavy atom. The molecule has 12 nitrogen and oxygen atoms in total. The summed E-state index contributed by atoms with van der Waals surface area (Å²) in [6.07, 6.45) is 1.68. The number of esters is 1. The summed E-state index contributed by atoms with van der Waals surface area (Å²) in [5.41, 5.74) is 2.94. The van der Waals surface area contributed by atoms with Crippen LogP contribution >= 0.6 is 0 Å². The molecule has 3 aromatic carbocycles. The van der Waals surface area contributed by atoms with Crippen LogP contribution in [-0.4, -0.2) is 70.8 Å². The minimum absolute atomic E-state index is 0.0822. The zero-order valence-corrected chi connectivity index (χ0v) is 23.6. The first kappa shape index (κ1) is 28.2. The largest absolute Gasteiger partial charge is 0.465 e. The van der Waals surface area contributed by atoms with Gasteiger partial charge in [0.2, 0.25) is 18.6 Å². The van der Waals surface area contributed by atoms with Crippen LogP contribution in [0.3, 0.4) is 0 Å². The molecule has 1 saturated heterocycles. The zero-order valence-electron chi connectivity index (χ0n) is 23.6. The summed E-state index contributed by atoms with van der Waals surface area (Å²) in [7, 11) is 1.30. The Morgan fingerprint density at radius 2 is 1.88 bits per heavy atom. The molecule has 0 aliphatic carbocycles. The molecule has 3 heterocycles. The van der Waals surface area contributed by atoms with Gasteiger partial charge in [-0.3, -0.25) is 9.59 Å². The number of para-hydroxylation sites is 1. The highest BCUT2D eigenvalue weighted by molar-refractivity contribution is 5.91. The fourth-order valence-electron chi connectivity index (χ4n) is 5.32. The molecule has 0 saturated carbocycles. The van der Waals surface area contributed by atoms with Gasteiger partial charge in [-0.05, 0) is 60.4 Å². The molecule has 0 bridgehead atoms. The minimum atomic E-state index is -1.04. The van der Waals surface area contributed by atoms with Gasteiger partial charge in [0.25, 0.3) is 0 Å². The van der Waals surface area contributed by atoms with Crippen LogP contribution in [-0.2, 0) is 32.2 Å². The molecule has 43 heavy (non-hydrogen) atoms. The van der Waals surface area contributed by atoms with Crippen LogP contribution in [0.25, 0.3) is 11.0 Å². The number of carbonyl (C=O) groups is 3. The quantitative estimate of drug-likeness (QED) is 0.279. The number of benzene rings is 3. The van der Waals surface area contributed by atoms with E-state index in [1.165, 1.54) is 16.7 Å². The van der Waals surface area contributed by atoms with Crippen molar-refractivity contribution in [2.45, 2.75) is 38.1 Å². The van der Waals surface area contributed by atoms with Gasteiger partial charge >= 0.3 is 5.97 Å². The molecule has 6 rings (SSSR count). The van der Waals surface area contributed by atoms with E-state index < -0.39 is 12.0 Å². The van der Waals surface area contributed by atoms with Gasteiger partial charge in [-0.25, -0.2) is 9.48 Å². The second-order valence-corrected chi connectivity index (χ2v) is 10.3. The highest BCUT2D eigenvalue weighted by Crippen LogP contribution is 2.34. The Balaban J connectivity index is 1.37. The van der Waals surface area contributed by atoms with Crippen LogP contribution < -0.4 is 14.8 Å². The molecule has 2 amide bonds. The number of methoxy groups -OCH3 is 1. The van der Waals surface area contributed by atoms with E-state index >= 15 is 0 Å². The molecule has 2 aliphatic rings. The molecule has 2 atom stereocenters. The van der Waals surface area contributed by atoms with Gasteiger partial charge in [-0.2, -0.15) is 0 Å². The highest BCUT2D eigenvalue weighted by atomic mass is 16.7. The summed E-state index contributed by atoms with van der Waals surface area (Å²) in [6, 6.07) is 18.2. The maximum atomic E-state index is 14.2. The van der Waals surface area contributed by atoms with Crippen molar-refractivity contribution in [1.29, 1.82) is 0 Å². The maximum Gasteiger partial charge on any atom is 0.337 e. The van der Waals surface area contributed by atoms with Gasteiger partial charge < -0.3 is 29.2 Å². The molecular formula is C31H31N5O7. The van der Waals surface area contributed by atoms with E-state index in [0.717, 1.165) is 18.4 Å². The van der Waals surface area contributed by atoms with Crippen molar-refractivity contribution < 1.29 is 33.3 Å². The molecule has 0 spiro atoms. The molecule has 2 aliphatic heterocycles. The fraction of sp³-hybridized carbons (Fsp3) is 0.323. The van der Waals surface area contributed by atoms with Gasteiger partial charge in [0.15, 0.2) is 11.5 Å². The first-order chi connectivity index (χ1) is 21.0. The van der Waals surface area contributed by atoms with Crippen molar-refractivity contribution in [3.8, 4) is 11.5 Å². The highest BCUT2D eigenvalue weighted by Gasteiger charge is 2.33. The van der Waals surface area contributed by atoms with E-state index in [1.54, 1.807) is 36.4 Å². The second kappa shape index (κ2) is 12.5. The third kappa shape index (κ3) is 6.14. The summed E-state index contributed by atoms with van der Waals surface area (Å²) in [6.45, 7) is 1.01. The van der Waals surface area contributed by atoms with Gasteiger partial charge in [0, 0.05) is 19.7 Å². The number of hydrogen-bond acceptors (Lipinski definition) is 9. The van der Waals surface area contributed by atoms with E-state index in [4.69, 9.17) is 18.9 Å². The van der Waals surface area contributed by atoms with E-state index in [9.17, 15) is 14.4 Å². The molecule has 4 aromatic rings. The summed E-state index contributed by atoms with van der Waals surface area (Å²) < 4.78 is 23.1. The second-order valence-electron chi connectivity index (χ2n) is 10.3. The van der Waals surface area contributed by atoms with Crippen LogP contribution in [0.1, 0.15) is 40.4 Å². The molecule has 1 aromatic heterocycles. The number of aromatic nitrogens is 3. The van der Waals surface area contributed by atoms with E-state index in [2.05, 4.69) is 15.6 Å². The third-order valence-corrected chi connectivity index (χ3v) is 7.55. The smallest absolute Gasteiger partial charge is 0.337 e. The van der Waals surface area contributed by atoms with E-state index in [0.29, 0.717) is 46.8 Å². The lowest BCUT2D eigenvalue weighted by Gasteiger charge is -2.32. The van der Waals surface area contributed by atoms with Crippen molar-refractivity contribution in [2.24, 2.45) is 0 Å². The van der Waals surface area contributed by atoms with Crippen molar-refractivity contribution in [3.05, 3.63) is 83.4 Å². The predicted molar refractivity (Wildman–Crippen MR) is 153 cm³/mol. The molecule has 1 N–H and O–H groups in total. The number of rotatable bonds is 10. The number of amides is 2. The molecule has 0 radical (unpaired) electrons. The Bertz CT molecular complexity index is 1630. The van der Waals surface area contributed by atoms with Gasteiger partial charge in [0.1, 0.15) is 18.1 Å². The van der Waals surface area contributed by atoms with Crippen molar-refractivity contribution >= 4 is 28.8 Å². The molecule has 12 heteroatoms. The van der Waals surface area contributed by atoms with Gasteiger partial charge in [-0.1, -0.05) is 35.5 Å². The number of nitrogens with one attached hydrogen (secondary N) is 1. The summed E-state index contributed by atoms with van der Waals surface area (Å²) in [4.78, 5) is 41.8. The summed E-state index contributed by atoms with van der Waals surface area (Å²) in [5.74, 6) is -0.0623. The van der Waals surface area contributed by atoms with Crippen LogP contribution in [0.2, 0.25) is 0 Å². The maximum absolute atomic E-state index is 14.2. The number of nitrogens with zero attached hydrogens (tertiary/aromatic N) is 4. The number of ether oxygens (including phenoxy) is 4. The Hall–Kier alpha value is -4.97. The van der Waals surface area contributed by atoms with Gasteiger partial charge in [0.05, 0.1) is 24.3 Å². The van der Waals surface area contributed by atoms with Crippen molar-refractivity contribution in [3.63, 3.8) is 0 Å². The first-order valence-corrected chi connectivity index (χ1v) is 14.0. The number of hydrogen-bond donors (Lipinski definition) is 1. The van der Waals surface area contributed by atoms with Crippen LogP contribution in [0.4, 0.5) is 0 Å². The third-order valence-electron chi connectivity index (χ3n) is 7.55. The van der Waals surface area contributed by atoms with Gasteiger partial charge in [-0.15, -0.1) is 5.10 Å². The summed E-state index contributed by atoms with van der Waals surface area (Å²) in [5, 5.41) is 11.4. The lowest BCUT2D eigenvalue weighted by Crippen LogP contribution is -2.46. The van der Waals surface area contributed by atoms with Crippen LogP contribution in [0.15, 0.2) is 66.7 Å². The standard InChI is InChI=1S/C31H31N5O7/c1-40-31(39)22-11-9-21(10-12-22)29(30(38)32-16-23-5-4-14-41-23)35(17-20-8-13-26-27(15-20)43-19-42-26)28(37)18-36-25-7-3-2-6-24(25)33-34-36/h2-3,6-13,15,23,29H,4-5,14,16-19H2,1H3,(H,32,38)/t23-,29+/m0/s1. The Morgan fingerprint density at radius 3 is 2.67 bits per heavy atom. The first-order valence-electron chi connectivity index (χ1n) is 14.0. The Kier molecular flexibility index (Phi) is 8.18. The van der Waals surface area contributed by atoms with Crippen LogP contribution in [0, 0.1) is 0 Å². The molecule has 222 valence electrons. The van der Waals surface area contributed by atoms with Crippen molar-refractivity contribution in [1.82, 2.24) is 25.2 Å². The lowest BCUT2D eigenvalue weighted by molar-refractivity contribution is -0.142. The topological polar surface area (TPSA) is 134 Å². The molecular weight excluding hydrogens is 554 g/mol. The monoisotopic (exact) mass is 585 g/mol. The lowest BCUT2D eigenvalue weighted by atomic mass is 10.0. The number of fused-ring (bicyclic) bond motifs is 2.